The first-order valence-electron chi connectivity index (χ1n) is 11.9. The number of nitrogens with one attached hydrogen (secondary N) is 1. The number of pyridine rings is 1. The minimum Gasteiger partial charge on any atom is -0.467 e. The van der Waals surface area contributed by atoms with Gasteiger partial charge in [-0.2, -0.15) is 5.10 Å². The lowest BCUT2D eigenvalue weighted by Crippen LogP contribution is -2.31. The molecule has 2 aromatic carbocycles. The number of aromatic nitrogens is 5. The summed E-state index contributed by atoms with van der Waals surface area (Å²) in [6, 6.07) is 24.8. The van der Waals surface area contributed by atoms with Gasteiger partial charge in [-0.15, -0.1) is 0 Å². The second-order valence-corrected chi connectivity index (χ2v) is 8.75. The maximum absolute atomic E-state index is 13.9. The van der Waals surface area contributed by atoms with Crippen LogP contribution in [0.2, 0.25) is 0 Å². The Hall–Kier alpha value is -4.98. The maximum Gasteiger partial charge on any atom is 0.253 e. The number of rotatable bonds is 7. The van der Waals surface area contributed by atoms with Crippen molar-refractivity contribution in [2.24, 2.45) is 7.05 Å². The van der Waals surface area contributed by atoms with E-state index < -0.39 is 6.04 Å². The second kappa shape index (κ2) is 9.58. The highest BCUT2D eigenvalue weighted by Crippen LogP contribution is 2.27. The normalized spacial score (nSPS) is 12.0. The van der Waals surface area contributed by atoms with E-state index in [-0.39, 0.29) is 5.91 Å². The van der Waals surface area contributed by atoms with Gasteiger partial charge >= 0.3 is 0 Å². The molecule has 4 heterocycles. The van der Waals surface area contributed by atoms with Crippen LogP contribution >= 0.6 is 0 Å². The molecular weight excluding hydrogens is 464 g/mol. The van der Waals surface area contributed by atoms with Gasteiger partial charge in [0.1, 0.15) is 24.2 Å². The summed E-state index contributed by atoms with van der Waals surface area (Å²) in [6.07, 6.45) is 6.92. The van der Waals surface area contributed by atoms with Gasteiger partial charge in [0.15, 0.2) is 5.65 Å². The molecule has 0 radical (unpaired) electrons. The first-order valence-corrected chi connectivity index (χ1v) is 11.9. The molecule has 37 heavy (non-hydrogen) atoms. The number of fused-ring (bicyclic) bond motifs is 1. The summed E-state index contributed by atoms with van der Waals surface area (Å²) in [4.78, 5) is 23.3. The van der Waals surface area contributed by atoms with Gasteiger partial charge in [-0.05, 0) is 23.8 Å². The third-order valence-electron chi connectivity index (χ3n) is 6.33. The van der Waals surface area contributed by atoms with Crippen LogP contribution in [0.25, 0.3) is 22.3 Å². The minimum atomic E-state index is -0.435. The maximum atomic E-state index is 13.9. The van der Waals surface area contributed by atoms with Crippen LogP contribution in [-0.2, 0) is 13.6 Å². The minimum absolute atomic E-state index is 0.237. The Morgan fingerprint density at radius 1 is 1.03 bits per heavy atom. The van der Waals surface area contributed by atoms with Crippen molar-refractivity contribution in [3.8, 4) is 11.3 Å². The Kier molecular flexibility index (Phi) is 5.82. The third kappa shape index (κ3) is 4.40. The van der Waals surface area contributed by atoms with Crippen molar-refractivity contribution in [1.29, 1.82) is 0 Å². The summed E-state index contributed by atoms with van der Waals surface area (Å²) < 4.78 is 9.19. The van der Waals surface area contributed by atoms with E-state index in [0.29, 0.717) is 28.8 Å². The fourth-order valence-corrected chi connectivity index (χ4v) is 4.46. The topological polar surface area (TPSA) is 90.8 Å². The second-order valence-electron chi connectivity index (χ2n) is 8.75. The highest BCUT2D eigenvalue weighted by Gasteiger charge is 2.24. The van der Waals surface area contributed by atoms with Crippen molar-refractivity contribution in [3.63, 3.8) is 0 Å². The number of hydrogen-bond donors (Lipinski definition) is 1. The van der Waals surface area contributed by atoms with E-state index in [1.165, 1.54) is 0 Å². The molecular formula is C29H24N6O2. The number of hydrogen-bond acceptors (Lipinski definition) is 5. The number of benzene rings is 2. The Morgan fingerprint density at radius 2 is 1.81 bits per heavy atom. The molecule has 1 amide bonds. The largest absolute Gasteiger partial charge is 0.467 e. The molecule has 6 rings (SSSR count). The quantitative estimate of drug-likeness (QED) is 0.342. The fourth-order valence-electron chi connectivity index (χ4n) is 4.46. The molecule has 1 atom stereocenters. The van der Waals surface area contributed by atoms with E-state index in [4.69, 9.17) is 9.40 Å². The molecule has 0 aliphatic heterocycles. The van der Waals surface area contributed by atoms with Crippen LogP contribution in [0.5, 0.6) is 0 Å². The standard InChI is InChI=1S/C29H24N6O2/c1-34-15-14-30-28(34)26(21-11-6-3-7-12-21)33-29(36)23-17-25(20-9-4-2-5-10-20)32-27-24(23)18-31-35(27)19-22-13-8-16-37-22/h2-18,26H,19H2,1H3,(H,33,36). The molecule has 0 saturated carbocycles. The van der Waals surface area contributed by atoms with Crippen molar-refractivity contribution in [2.75, 3.05) is 0 Å². The predicted octanol–water partition coefficient (Wildman–Crippen LogP) is 4.99. The summed E-state index contributed by atoms with van der Waals surface area (Å²) in [6.45, 7) is 0.405. The zero-order chi connectivity index (χ0) is 25.2. The molecule has 0 aliphatic carbocycles. The number of amides is 1. The van der Waals surface area contributed by atoms with Gasteiger partial charge in [-0.1, -0.05) is 60.7 Å². The van der Waals surface area contributed by atoms with Crippen molar-refractivity contribution in [1.82, 2.24) is 29.6 Å². The molecule has 0 aliphatic rings. The summed E-state index contributed by atoms with van der Waals surface area (Å²) >= 11 is 0. The van der Waals surface area contributed by atoms with E-state index in [1.807, 2.05) is 96.7 Å². The molecule has 0 fully saturated rings. The van der Waals surface area contributed by atoms with Gasteiger partial charge in [-0.3, -0.25) is 4.79 Å². The highest BCUT2D eigenvalue weighted by molar-refractivity contribution is 6.06. The monoisotopic (exact) mass is 488 g/mol. The van der Waals surface area contributed by atoms with Gasteiger partial charge < -0.3 is 14.3 Å². The molecule has 0 saturated heterocycles. The lowest BCUT2D eigenvalue weighted by atomic mass is 10.0. The molecule has 6 aromatic rings. The van der Waals surface area contributed by atoms with E-state index in [1.54, 1.807) is 23.3 Å². The van der Waals surface area contributed by atoms with Crippen LogP contribution in [0.4, 0.5) is 0 Å². The SMILES string of the molecule is Cn1ccnc1C(NC(=O)c1cc(-c2ccccc2)nc2c1cnn2Cc1ccco1)c1ccccc1. The van der Waals surface area contributed by atoms with Gasteiger partial charge in [0.05, 0.1) is 29.1 Å². The fraction of sp³-hybridized carbons (Fsp3) is 0.103. The number of furan rings is 1. The number of carbonyl (C=O) groups excluding carboxylic acids is 1. The highest BCUT2D eigenvalue weighted by atomic mass is 16.3. The van der Waals surface area contributed by atoms with E-state index in [2.05, 4.69) is 15.4 Å². The van der Waals surface area contributed by atoms with Gasteiger partial charge in [-0.25, -0.2) is 14.6 Å². The number of imidazole rings is 1. The summed E-state index contributed by atoms with van der Waals surface area (Å²) in [5.41, 5.74) is 3.63. The smallest absolute Gasteiger partial charge is 0.253 e. The summed E-state index contributed by atoms with van der Waals surface area (Å²) in [5, 5.41) is 8.42. The van der Waals surface area contributed by atoms with Crippen LogP contribution in [0, 0.1) is 0 Å². The summed E-state index contributed by atoms with van der Waals surface area (Å²) in [7, 11) is 1.92. The van der Waals surface area contributed by atoms with E-state index in [9.17, 15) is 4.79 Å². The van der Waals surface area contributed by atoms with E-state index >= 15 is 0 Å². The van der Waals surface area contributed by atoms with Crippen LogP contribution in [0.1, 0.15) is 33.5 Å². The average Bonchev–Trinajstić information content (AvgIpc) is 3.70. The molecule has 0 bridgehead atoms. The molecule has 1 unspecified atom stereocenters. The van der Waals surface area contributed by atoms with Gasteiger partial charge in [0.2, 0.25) is 0 Å². The van der Waals surface area contributed by atoms with E-state index in [0.717, 1.165) is 22.7 Å². The number of nitrogens with zero attached hydrogens (tertiary/aromatic N) is 5. The van der Waals surface area contributed by atoms with Gasteiger partial charge in [0, 0.05) is 25.0 Å². The first-order chi connectivity index (χ1) is 18.2. The third-order valence-corrected chi connectivity index (χ3v) is 6.33. The first kappa shape index (κ1) is 22.5. The Labute approximate surface area is 213 Å². The van der Waals surface area contributed by atoms with Crippen LogP contribution < -0.4 is 5.32 Å². The predicted molar refractivity (Wildman–Crippen MR) is 140 cm³/mol. The van der Waals surface area contributed by atoms with Crippen molar-refractivity contribution < 1.29 is 9.21 Å². The molecule has 4 aromatic heterocycles. The molecule has 8 heteroatoms. The summed E-state index contributed by atoms with van der Waals surface area (Å²) in [5.74, 6) is 1.25. The molecule has 0 spiro atoms. The lowest BCUT2D eigenvalue weighted by Gasteiger charge is -2.19. The van der Waals surface area contributed by atoms with Crippen LogP contribution in [0.3, 0.4) is 0 Å². The number of carbonyl (C=O) groups is 1. The molecule has 182 valence electrons. The lowest BCUT2D eigenvalue weighted by molar-refractivity contribution is 0.0943. The number of aryl methyl sites for hydroxylation is 1. The van der Waals surface area contributed by atoms with Crippen molar-refractivity contribution in [2.45, 2.75) is 12.6 Å². The zero-order valence-electron chi connectivity index (χ0n) is 20.2. The Balaban J connectivity index is 1.45. The Bertz CT molecular complexity index is 1650. The average molecular weight is 489 g/mol. The van der Waals surface area contributed by atoms with Crippen molar-refractivity contribution >= 4 is 16.9 Å². The zero-order valence-corrected chi connectivity index (χ0v) is 20.2. The van der Waals surface area contributed by atoms with Gasteiger partial charge in [0.25, 0.3) is 5.91 Å². The molecule has 1 N–H and O–H groups in total. The van der Waals surface area contributed by atoms with Crippen molar-refractivity contribution in [3.05, 3.63) is 126 Å². The molecule has 8 nitrogen and oxygen atoms in total. The van der Waals surface area contributed by atoms with Crippen LogP contribution in [0.15, 0.2) is 108 Å². The Morgan fingerprint density at radius 3 is 2.51 bits per heavy atom. The van der Waals surface area contributed by atoms with Crippen LogP contribution in [-0.4, -0.2) is 30.2 Å².